The van der Waals surface area contributed by atoms with Crippen LogP contribution in [0.3, 0.4) is 0 Å². The molecule has 0 saturated heterocycles. The fourth-order valence-electron chi connectivity index (χ4n) is 2.27. The summed E-state index contributed by atoms with van der Waals surface area (Å²) < 4.78 is 5.42. The first-order chi connectivity index (χ1) is 11.6. The molecule has 0 aromatic heterocycles. The van der Waals surface area contributed by atoms with Gasteiger partial charge in [-0.3, -0.25) is 0 Å². The molecule has 2 rings (SSSR count). The smallest absolute Gasteiger partial charge is 0.120 e. The van der Waals surface area contributed by atoms with Crippen molar-refractivity contribution in [3.63, 3.8) is 0 Å². The Balaban J connectivity index is 2.24. The average Bonchev–Trinajstić information content (AvgIpc) is 2.58. The lowest BCUT2D eigenvalue weighted by atomic mass is 10.0. The molecule has 2 aromatic rings. The summed E-state index contributed by atoms with van der Waals surface area (Å²) in [6, 6.07) is 16.5. The summed E-state index contributed by atoms with van der Waals surface area (Å²) >= 11 is 0. The molecule has 0 bridgehead atoms. The molecular weight excluding hydrogens is 292 g/mol. The Kier molecular flexibility index (Phi) is 6.64. The van der Waals surface area contributed by atoms with Crippen molar-refractivity contribution in [1.82, 2.24) is 0 Å². The molecule has 0 saturated carbocycles. The van der Waals surface area contributed by atoms with E-state index in [1.807, 2.05) is 30.4 Å². The lowest BCUT2D eigenvalue weighted by molar-refractivity contribution is 0.111. The molecule has 1 nitrogen and oxygen atoms in total. The van der Waals surface area contributed by atoms with Crippen molar-refractivity contribution in [3.05, 3.63) is 76.5 Å². The molecule has 1 atom stereocenters. The number of hydrogen-bond donors (Lipinski definition) is 0. The van der Waals surface area contributed by atoms with Gasteiger partial charge in [0.25, 0.3) is 0 Å². The monoisotopic (exact) mass is 316 g/mol. The Morgan fingerprint density at radius 1 is 0.958 bits per heavy atom. The SMILES string of the molecule is COC(C#Cc1ccccc1C=C=Cc1ccc(C)cc1)C(C)C. The lowest BCUT2D eigenvalue weighted by Crippen LogP contribution is -2.15. The molecule has 0 aliphatic rings. The van der Waals surface area contributed by atoms with Gasteiger partial charge in [-0.05, 0) is 42.2 Å². The third-order valence-corrected chi connectivity index (χ3v) is 3.74. The van der Waals surface area contributed by atoms with Gasteiger partial charge in [0.1, 0.15) is 6.10 Å². The van der Waals surface area contributed by atoms with Crippen LogP contribution in [0.5, 0.6) is 0 Å². The van der Waals surface area contributed by atoms with Crippen molar-refractivity contribution in [2.45, 2.75) is 26.9 Å². The molecule has 122 valence electrons. The fourth-order valence-corrected chi connectivity index (χ4v) is 2.27. The fraction of sp³-hybridized carbons (Fsp3) is 0.261. The van der Waals surface area contributed by atoms with Crippen LogP contribution in [-0.4, -0.2) is 13.2 Å². The second kappa shape index (κ2) is 8.94. The van der Waals surface area contributed by atoms with Gasteiger partial charge in [-0.15, -0.1) is 5.73 Å². The van der Waals surface area contributed by atoms with Crippen molar-refractivity contribution in [2.24, 2.45) is 5.92 Å². The van der Waals surface area contributed by atoms with E-state index >= 15 is 0 Å². The number of hydrogen-bond acceptors (Lipinski definition) is 1. The first-order valence-corrected chi connectivity index (χ1v) is 8.22. The molecule has 24 heavy (non-hydrogen) atoms. The summed E-state index contributed by atoms with van der Waals surface area (Å²) in [4.78, 5) is 0. The van der Waals surface area contributed by atoms with E-state index in [2.05, 4.69) is 68.7 Å². The van der Waals surface area contributed by atoms with Crippen molar-refractivity contribution in [1.29, 1.82) is 0 Å². The molecule has 0 heterocycles. The Hall–Kier alpha value is -2.52. The van der Waals surface area contributed by atoms with Crippen LogP contribution in [0.25, 0.3) is 12.2 Å². The van der Waals surface area contributed by atoms with Gasteiger partial charge in [0.05, 0.1) is 0 Å². The first-order valence-electron chi connectivity index (χ1n) is 8.22. The molecule has 0 aliphatic heterocycles. The molecule has 0 spiro atoms. The van der Waals surface area contributed by atoms with Crippen LogP contribution in [0.15, 0.2) is 54.3 Å². The zero-order valence-corrected chi connectivity index (χ0v) is 14.8. The van der Waals surface area contributed by atoms with Crippen LogP contribution < -0.4 is 0 Å². The summed E-state index contributed by atoms with van der Waals surface area (Å²) in [5, 5.41) is 0. The predicted molar refractivity (Wildman–Crippen MR) is 103 cm³/mol. The van der Waals surface area contributed by atoms with E-state index in [0.717, 1.165) is 16.7 Å². The molecule has 0 aliphatic carbocycles. The van der Waals surface area contributed by atoms with Crippen LogP contribution in [0, 0.1) is 24.7 Å². The average molecular weight is 316 g/mol. The van der Waals surface area contributed by atoms with Gasteiger partial charge in [0, 0.05) is 12.7 Å². The van der Waals surface area contributed by atoms with Crippen LogP contribution >= 0.6 is 0 Å². The minimum absolute atomic E-state index is 0.0508. The van der Waals surface area contributed by atoms with E-state index in [1.165, 1.54) is 5.56 Å². The molecule has 0 radical (unpaired) electrons. The highest BCUT2D eigenvalue weighted by Gasteiger charge is 2.07. The minimum Gasteiger partial charge on any atom is -0.368 e. The Morgan fingerprint density at radius 3 is 2.33 bits per heavy atom. The van der Waals surface area contributed by atoms with Gasteiger partial charge in [-0.1, -0.05) is 73.7 Å². The molecule has 1 heteroatoms. The Labute approximate surface area is 145 Å². The van der Waals surface area contributed by atoms with Crippen molar-refractivity contribution >= 4 is 12.2 Å². The summed E-state index contributed by atoms with van der Waals surface area (Å²) in [5.74, 6) is 6.82. The van der Waals surface area contributed by atoms with E-state index in [0.29, 0.717) is 5.92 Å². The van der Waals surface area contributed by atoms with Crippen LogP contribution in [0.1, 0.15) is 36.1 Å². The van der Waals surface area contributed by atoms with Gasteiger partial charge >= 0.3 is 0 Å². The Bertz CT molecular complexity index is 779. The van der Waals surface area contributed by atoms with Gasteiger partial charge in [0.15, 0.2) is 0 Å². The highest BCUT2D eigenvalue weighted by molar-refractivity contribution is 5.62. The molecule has 0 amide bonds. The number of benzene rings is 2. The van der Waals surface area contributed by atoms with Crippen molar-refractivity contribution in [2.75, 3.05) is 7.11 Å². The maximum absolute atomic E-state index is 5.42. The molecule has 0 N–H and O–H groups in total. The van der Waals surface area contributed by atoms with E-state index < -0.39 is 0 Å². The topological polar surface area (TPSA) is 9.23 Å². The highest BCUT2D eigenvalue weighted by Crippen LogP contribution is 2.11. The number of rotatable bonds is 4. The van der Waals surface area contributed by atoms with Gasteiger partial charge in [-0.25, -0.2) is 0 Å². The normalized spacial score (nSPS) is 11.2. The van der Waals surface area contributed by atoms with Crippen molar-refractivity contribution in [3.8, 4) is 11.8 Å². The maximum Gasteiger partial charge on any atom is 0.120 e. The highest BCUT2D eigenvalue weighted by atomic mass is 16.5. The summed E-state index contributed by atoms with van der Waals surface area (Å²) in [7, 11) is 1.70. The lowest BCUT2D eigenvalue weighted by Gasteiger charge is -2.11. The largest absolute Gasteiger partial charge is 0.368 e. The summed E-state index contributed by atoms with van der Waals surface area (Å²) in [6.07, 6.45) is 3.90. The second-order valence-electron chi connectivity index (χ2n) is 6.12. The second-order valence-corrected chi connectivity index (χ2v) is 6.12. The molecular formula is C23H24O. The quantitative estimate of drug-likeness (QED) is 0.546. The van der Waals surface area contributed by atoms with Gasteiger partial charge in [-0.2, -0.15) is 0 Å². The summed E-state index contributed by atoms with van der Waals surface area (Å²) in [6.45, 7) is 6.31. The predicted octanol–water partition coefficient (Wildman–Crippen LogP) is 5.34. The third kappa shape index (κ3) is 5.28. The van der Waals surface area contributed by atoms with Crippen LogP contribution in [0.4, 0.5) is 0 Å². The minimum atomic E-state index is -0.0508. The zero-order chi connectivity index (χ0) is 17.4. The van der Waals surface area contributed by atoms with E-state index in [1.54, 1.807) is 7.11 Å². The third-order valence-electron chi connectivity index (χ3n) is 3.74. The Morgan fingerprint density at radius 2 is 1.67 bits per heavy atom. The van der Waals surface area contributed by atoms with E-state index in [4.69, 9.17) is 4.74 Å². The van der Waals surface area contributed by atoms with Gasteiger partial charge in [0.2, 0.25) is 0 Å². The number of aryl methyl sites for hydroxylation is 1. The van der Waals surface area contributed by atoms with Gasteiger partial charge < -0.3 is 4.74 Å². The molecule has 1 unspecified atom stereocenters. The number of methoxy groups -OCH3 is 1. The standard InChI is InChI=1S/C23H24O/c1-18(2)23(24-4)17-16-22-10-6-5-9-21(22)11-7-8-20-14-12-19(3)13-15-20/h5-6,8-15,18,23H,1-4H3. The molecule has 2 aromatic carbocycles. The van der Waals surface area contributed by atoms with Crippen molar-refractivity contribution < 1.29 is 4.74 Å². The van der Waals surface area contributed by atoms with E-state index in [-0.39, 0.29) is 6.10 Å². The van der Waals surface area contributed by atoms with Crippen LogP contribution in [0.2, 0.25) is 0 Å². The maximum atomic E-state index is 5.42. The first kappa shape index (κ1) is 17.8. The van der Waals surface area contributed by atoms with E-state index in [9.17, 15) is 0 Å². The molecule has 0 fully saturated rings. The summed E-state index contributed by atoms with van der Waals surface area (Å²) in [5.41, 5.74) is 7.70. The van der Waals surface area contributed by atoms with Crippen LogP contribution in [-0.2, 0) is 4.74 Å². The number of ether oxygens (including phenoxy) is 1. The zero-order valence-electron chi connectivity index (χ0n) is 14.8.